The maximum atomic E-state index is 6.53. The molecule has 2 N–H and O–H groups in total. The highest BCUT2D eigenvalue weighted by atomic mass is 35.5. The lowest BCUT2D eigenvalue weighted by Gasteiger charge is -2.29. The molecule has 4 aromatic heterocycles. The van der Waals surface area contributed by atoms with Gasteiger partial charge in [-0.2, -0.15) is 5.10 Å². The van der Waals surface area contributed by atoms with E-state index in [9.17, 15) is 0 Å². The molecule has 1 aliphatic rings. The smallest absolute Gasteiger partial charge is 0.163 e. The Morgan fingerprint density at radius 1 is 1.00 bits per heavy atom. The van der Waals surface area contributed by atoms with Crippen molar-refractivity contribution in [3.8, 4) is 28.6 Å². The number of aromatic amines is 2. The standard InChI is InChI=1S/C25H20ClN9O/c26-18-3-1-2-16-20(5-6-27-22(16)18)35-21-13-15(34-8-10-36-11-9-34)12-17(24-28-14-30-33-24)23(21)31-25(35)19-4-7-29-32-19/h1-7,12-14H,8-11H2,(H,29,32)(H,28,30,33). The topological polar surface area (TPSA) is 113 Å². The SMILES string of the molecule is Clc1cccc2c(-n3c(-c4ccn[nH]4)nc4c(-c5nnc[nH]5)cc(N5CCOCC5)cc43)ccnc12. The van der Waals surface area contributed by atoms with Crippen molar-refractivity contribution in [2.45, 2.75) is 0 Å². The first kappa shape index (κ1) is 21.0. The first-order valence-corrected chi connectivity index (χ1v) is 11.9. The molecule has 0 amide bonds. The molecule has 0 radical (unpaired) electrons. The molecular formula is C25H20ClN9O. The summed E-state index contributed by atoms with van der Waals surface area (Å²) in [6, 6.07) is 14.0. The molecule has 0 unspecified atom stereocenters. The molecule has 1 aliphatic heterocycles. The number of morpholine rings is 1. The van der Waals surface area contributed by atoms with Gasteiger partial charge in [0.05, 0.1) is 35.0 Å². The van der Waals surface area contributed by atoms with Crippen LogP contribution in [0.1, 0.15) is 0 Å². The minimum Gasteiger partial charge on any atom is -0.378 e. The molecule has 0 atom stereocenters. The Labute approximate surface area is 209 Å². The Morgan fingerprint density at radius 2 is 1.92 bits per heavy atom. The van der Waals surface area contributed by atoms with Crippen LogP contribution in [0, 0.1) is 0 Å². The third kappa shape index (κ3) is 3.34. The molecule has 10 nitrogen and oxygen atoms in total. The van der Waals surface area contributed by atoms with Crippen LogP contribution in [-0.4, -0.2) is 66.2 Å². The van der Waals surface area contributed by atoms with Crippen molar-refractivity contribution in [3.63, 3.8) is 0 Å². The van der Waals surface area contributed by atoms with Gasteiger partial charge in [-0.05, 0) is 30.3 Å². The number of aromatic nitrogens is 8. The monoisotopic (exact) mass is 497 g/mol. The average molecular weight is 498 g/mol. The molecule has 7 rings (SSSR count). The van der Waals surface area contributed by atoms with E-state index in [2.05, 4.69) is 52.0 Å². The van der Waals surface area contributed by atoms with Crippen molar-refractivity contribution in [1.82, 2.24) is 39.9 Å². The zero-order chi connectivity index (χ0) is 24.1. The van der Waals surface area contributed by atoms with Crippen LogP contribution in [0.4, 0.5) is 5.69 Å². The Kier molecular flexibility index (Phi) is 4.93. The molecule has 11 heteroatoms. The summed E-state index contributed by atoms with van der Waals surface area (Å²) in [7, 11) is 0. The number of benzene rings is 2. The molecular weight excluding hydrogens is 478 g/mol. The summed E-state index contributed by atoms with van der Waals surface area (Å²) >= 11 is 6.53. The van der Waals surface area contributed by atoms with Crippen molar-refractivity contribution in [2.75, 3.05) is 31.2 Å². The Bertz CT molecular complexity index is 1690. The summed E-state index contributed by atoms with van der Waals surface area (Å²) in [6.45, 7) is 2.97. The normalized spacial score (nSPS) is 14.2. The highest BCUT2D eigenvalue weighted by molar-refractivity contribution is 6.35. The number of hydrogen-bond donors (Lipinski definition) is 2. The molecule has 36 heavy (non-hydrogen) atoms. The second-order valence-electron chi connectivity index (χ2n) is 8.51. The third-order valence-corrected chi connectivity index (χ3v) is 6.78. The van der Waals surface area contributed by atoms with Crippen LogP contribution in [0.2, 0.25) is 5.02 Å². The van der Waals surface area contributed by atoms with Crippen LogP contribution in [0.3, 0.4) is 0 Å². The molecule has 0 spiro atoms. The van der Waals surface area contributed by atoms with Crippen molar-refractivity contribution >= 4 is 39.2 Å². The molecule has 6 aromatic rings. The molecule has 5 heterocycles. The third-order valence-electron chi connectivity index (χ3n) is 6.47. The largest absolute Gasteiger partial charge is 0.378 e. The minimum atomic E-state index is 0.596. The van der Waals surface area contributed by atoms with Gasteiger partial charge in [0.25, 0.3) is 0 Å². The number of nitrogens with zero attached hydrogens (tertiary/aromatic N) is 7. The van der Waals surface area contributed by atoms with Crippen molar-refractivity contribution in [2.24, 2.45) is 0 Å². The maximum absolute atomic E-state index is 6.53. The Hall–Kier alpha value is -4.28. The number of fused-ring (bicyclic) bond motifs is 2. The van der Waals surface area contributed by atoms with Crippen LogP contribution in [0.25, 0.3) is 50.5 Å². The number of anilines is 1. The van der Waals surface area contributed by atoms with E-state index in [0.29, 0.717) is 24.1 Å². The summed E-state index contributed by atoms with van der Waals surface area (Å²) in [5.74, 6) is 1.37. The van der Waals surface area contributed by atoms with Crippen LogP contribution >= 0.6 is 11.6 Å². The molecule has 2 aromatic carbocycles. The molecule has 178 valence electrons. The van der Waals surface area contributed by atoms with Gasteiger partial charge in [0.1, 0.15) is 17.5 Å². The number of H-pyrrole nitrogens is 2. The predicted molar refractivity (Wildman–Crippen MR) is 137 cm³/mol. The lowest BCUT2D eigenvalue weighted by atomic mass is 10.1. The zero-order valence-electron chi connectivity index (χ0n) is 19.0. The van der Waals surface area contributed by atoms with E-state index in [1.54, 1.807) is 18.7 Å². The van der Waals surface area contributed by atoms with E-state index in [1.807, 2.05) is 30.3 Å². The van der Waals surface area contributed by atoms with Crippen LogP contribution < -0.4 is 4.90 Å². The molecule has 1 saturated heterocycles. The first-order chi connectivity index (χ1) is 17.8. The highest BCUT2D eigenvalue weighted by Gasteiger charge is 2.24. The van der Waals surface area contributed by atoms with Crippen molar-refractivity contribution in [3.05, 3.63) is 66.2 Å². The zero-order valence-corrected chi connectivity index (χ0v) is 19.8. The van der Waals surface area contributed by atoms with Gasteiger partial charge in [-0.1, -0.05) is 23.7 Å². The van der Waals surface area contributed by atoms with Gasteiger partial charge >= 0.3 is 0 Å². The van der Waals surface area contributed by atoms with Gasteiger partial charge in [0.15, 0.2) is 11.6 Å². The Morgan fingerprint density at radius 3 is 2.72 bits per heavy atom. The van der Waals surface area contributed by atoms with Crippen molar-refractivity contribution in [1.29, 1.82) is 0 Å². The quantitative estimate of drug-likeness (QED) is 0.374. The van der Waals surface area contributed by atoms with E-state index in [-0.39, 0.29) is 0 Å². The molecule has 1 fully saturated rings. The molecule has 0 bridgehead atoms. The summed E-state index contributed by atoms with van der Waals surface area (Å²) < 4.78 is 7.73. The van der Waals surface area contributed by atoms with Crippen LogP contribution in [0.15, 0.2) is 61.2 Å². The van der Waals surface area contributed by atoms with Gasteiger partial charge in [-0.15, -0.1) is 10.2 Å². The maximum Gasteiger partial charge on any atom is 0.163 e. The number of imidazole rings is 1. The average Bonchev–Trinajstić information content (AvgIpc) is 3.70. The van der Waals surface area contributed by atoms with E-state index in [0.717, 1.165) is 63.5 Å². The lowest BCUT2D eigenvalue weighted by Crippen LogP contribution is -2.36. The molecule has 0 saturated carbocycles. The minimum absolute atomic E-state index is 0.596. The highest BCUT2D eigenvalue weighted by Crippen LogP contribution is 2.38. The van der Waals surface area contributed by atoms with Gasteiger partial charge < -0.3 is 14.6 Å². The van der Waals surface area contributed by atoms with Gasteiger partial charge in [-0.25, -0.2) is 4.98 Å². The van der Waals surface area contributed by atoms with Gasteiger partial charge in [0.2, 0.25) is 0 Å². The number of nitrogens with one attached hydrogen (secondary N) is 2. The van der Waals surface area contributed by atoms with Gasteiger partial charge in [0, 0.05) is 42.1 Å². The summed E-state index contributed by atoms with van der Waals surface area (Å²) in [4.78, 5) is 15.1. The van der Waals surface area contributed by atoms with E-state index in [4.69, 9.17) is 21.3 Å². The number of halogens is 1. The fourth-order valence-corrected chi connectivity index (χ4v) is 5.03. The molecule has 0 aliphatic carbocycles. The first-order valence-electron chi connectivity index (χ1n) is 11.6. The van der Waals surface area contributed by atoms with Crippen LogP contribution in [0.5, 0.6) is 0 Å². The summed E-state index contributed by atoms with van der Waals surface area (Å²) in [5.41, 5.74) is 6.07. The second kappa shape index (κ2) is 8.43. The van der Waals surface area contributed by atoms with Gasteiger partial charge in [-0.3, -0.25) is 14.6 Å². The predicted octanol–water partition coefficient (Wildman–Crippen LogP) is 4.24. The number of pyridine rings is 1. The van der Waals surface area contributed by atoms with E-state index >= 15 is 0 Å². The number of para-hydroxylation sites is 1. The summed E-state index contributed by atoms with van der Waals surface area (Å²) in [6.07, 6.45) is 5.07. The van der Waals surface area contributed by atoms with Crippen LogP contribution in [-0.2, 0) is 4.74 Å². The number of hydrogen-bond acceptors (Lipinski definition) is 7. The number of ether oxygens (including phenoxy) is 1. The number of rotatable bonds is 4. The lowest BCUT2D eigenvalue weighted by molar-refractivity contribution is 0.122. The second-order valence-corrected chi connectivity index (χ2v) is 8.91. The Balaban J connectivity index is 1.59. The summed E-state index contributed by atoms with van der Waals surface area (Å²) in [5, 5.41) is 17.1. The van der Waals surface area contributed by atoms with Crippen molar-refractivity contribution < 1.29 is 4.74 Å². The fraction of sp³-hybridized carbons (Fsp3) is 0.160. The van der Waals surface area contributed by atoms with E-state index < -0.39 is 0 Å². The van der Waals surface area contributed by atoms with E-state index in [1.165, 1.54) is 0 Å². The fourth-order valence-electron chi connectivity index (χ4n) is 4.81.